The van der Waals surface area contributed by atoms with Gasteiger partial charge in [0, 0.05) is 42.8 Å². The second-order valence-corrected chi connectivity index (χ2v) is 4.80. The zero-order valence-electron chi connectivity index (χ0n) is 11.9. The Balaban J connectivity index is 2.06. The first-order chi connectivity index (χ1) is 10.6. The van der Waals surface area contributed by atoms with Crippen LogP contribution in [0.15, 0.2) is 59.8 Å². The molecule has 0 saturated heterocycles. The first-order valence-electron chi connectivity index (χ1n) is 6.74. The number of amides is 1. The maximum atomic E-state index is 12.1. The maximum Gasteiger partial charge on any atom is 0.255 e. The molecule has 0 aliphatic carbocycles. The zero-order chi connectivity index (χ0) is 15.5. The molecular formula is C16H14N4O2. The van der Waals surface area contributed by atoms with E-state index in [1.165, 1.54) is 17.6 Å². The Kier molecular flexibility index (Phi) is 3.57. The second kappa shape index (κ2) is 5.69. The van der Waals surface area contributed by atoms with Crippen LogP contribution in [-0.2, 0) is 4.79 Å². The largest absolute Gasteiger partial charge is 0.345 e. The molecule has 0 saturated carbocycles. The normalized spacial score (nSPS) is 10.4. The molecule has 0 aliphatic rings. The van der Waals surface area contributed by atoms with Gasteiger partial charge in [-0.2, -0.15) is 0 Å². The van der Waals surface area contributed by atoms with Gasteiger partial charge in [0.15, 0.2) is 0 Å². The lowest BCUT2D eigenvalue weighted by molar-refractivity contribution is -0.114. The Morgan fingerprint density at radius 3 is 2.86 bits per heavy atom. The third kappa shape index (κ3) is 2.80. The van der Waals surface area contributed by atoms with Gasteiger partial charge < -0.3 is 10.3 Å². The van der Waals surface area contributed by atoms with Crippen molar-refractivity contribution in [3.8, 4) is 17.1 Å². The van der Waals surface area contributed by atoms with Crippen molar-refractivity contribution in [2.75, 3.05) is 5.32 Å². The van der Waals surface area contributed by atoms with Gasteiger partial charge in [0.25, 0.3) is 5.56 Å². The van der Waals surface area contributed by atoms with Crippen molar-refractivity contribution < 1.29 is 4.79 Å². The van der Waals surface area contributed by atoms with Crippen LogP contribution in [0.25, 0.3) is 17.1 Å². The smallest absolute Gasteiger partial charge is 0.255 e. The van der Waals surface area contributed by atoms with E-state index in [-0.39, 0.29) is 11.5 Å². The van der Waals surface area contributed by atoms with E-state index in [9.17, 15) is 9.59 Å². The summed E-state index contributed by atoms with van der Waals surface area (Å²) in [6.45, 7) is 1.44. The molecule has 0 atom stereocenters. The molecule has 2 N–H and O–H groups in total. The van der Waals surface area contributed by atoms with Crippen LogP contribution in [0, 0.1) is 0 Å². The summed E-state index contributed by atoms with van der Waals surface area (Å²) in [5, 5.41) is 2.70. The number of aromatic nitrogens is 3. The first kappa shape index (κ1) is 13.8. The monoisotopic (exact) mass is 294 g/mol. The van der Waals surface area contributed by atoms with Gasteiger partial charge in [0.05, 0.1) is 5.69 Å². The van der Waals surface area contributed by atoms with Gasteiger partial charge in [0.1, 0.15) is 5.82 Å². The SMILES string of the molecule is CC(=O)Nc1cccc(-n2cc(-c3ncc[nH]3)ccc2=O)c1. The van der Waals surface area contributed by atoms with Gasteiger partial charge in [-0.3, -0.25) is 14.2 Å². The average Bonchev–Trinajstić information content (AvgIpc) is 3.01. The van der Waals surface area contributed by atoms with E-state index in [0.29, 0.717) is 17.2 Å². The third-order valence-electron chi connectivity index (χ3n) is 3.13. The van der Waals surface area contributed by atoms with Crippen LogP contribution in [0.3, 0.4) is 0 Å². The van der Waals surface area contributed by atoms with Crippen molar-refractivity contribution in [2.24, 2.45) is 0 Å². The number of carbonyl (C=O) groups excluding carboxylic acids is 1. The molecule has 0 radical (unpaired) electrons. The molecule has 0 fully saturated rings. The van der Waals surface area contributed by atoms with Gasteiger partial charge >= 0.3 is 0 Å². The van der Waals surface area contributed by atoms with Crippen LogP contribution < -0.4 is 10.9 Å². The molecule has 3 rings (SSSR count). The van der Waals surface area contributed by atoms with Gasteiger partial charge in [-0.15, -0.1) is 0 Å². The van der Waals surface area contributed by atoms with Gasteiger partial charge in [0.2, 0.25) is 5.91 Å². The first-order valence-corrected chi connectivity index (χ1v) is 6.74. The fourth-order valence-electron chi connectivity index (χ4n) is 2.19. The number of nitrogens with zero attached hydrogens (tertiary/aromatic N) is 2. The molecule has 22 heavy (non-hydrogen) atoms. The zero-order valence-corrected chi connectivity index (χ0v) is 11.9. The molecule has 1 aromatic carbocycles. The van der Waals surface area contributed by atoms with Crippen LogP contribution >= 0.6 is 0 Å². The maximum absolute atomic E-state index is 12.1. The molecule has 3 aromatic rings. The predicted octanol–water partition coefficient (Wildman–Crippen LogP) is 2.19. The molecule has 1 amide bonds. The summed E-state index contributed by atoms with van der Waals surface area (Å²) in [6.07, 6.45) is 5.10. The Morgan fingerprint density at radius 2 is 2.14 bits per heavy atom. The third-order valence-corrected chi connectivity index (χ3v) is 3.13. The number of carbonyl (C=O) groups is 1. The molecule has 0 bridgehead atoms. The number of benzene rings is 1. The lowest BCUT2D eigenvalue weighted by Crippen LogP contribution is -2.17. The summed E-state index contributed by atoms with van der Waals surface area (Å²) in [5.74, 6) is 0.528. The van der Waals surface area contributed by atoms with Gasteiger partial charge in [-0.05, 0) is 24.3 Å². The van der Waals surface area contributed by atoms with Crippen molar-refractivity contribution in [1.82, 2.24) is 14.5 Å². The van der Waals surface area contributed by atoms with Gasteiger partial charge in [-0.1, -0.05) is 6.07 Å². The molecule has 110 valence electrons. The van der Waals surface area contributed by atoms with E-state index in [0.717, 1.165) is 5.56 Å². The number of imidazole rings is 1. The van der Waals surface area contributed by atoms with Crippen molar-refractivity contribution in [3.63, 3.8) is 0 Å². The van der Waals surface area contributed by atoms with Crippen LogP contribution in [-0.4, -0.2) is 20.4 Å². The Bertz CT molecular complexity index is 866. The molecule has 0 unspecified atom stereocenters. The molecule has 6 nitrogen and oxygen atoms in total. The van der Waals surface area contributed by atoms with Crippen LogP contribution in [0.4, 0.5) is 5.69 Å². The lowest BCUT2D eigenvalue weighted by atomic mass is 10.2. The fourth-order valence-corrected chi connectivity index (χ4v) is 2.19. The Morgan fingerprint density at radius 1 is 1.27 bits per heavy atom. The second-order valence-electron chi connectivity index (χ2n) is 4.80. The quantitative estimate of drug-likeness (QED) is 0.777. The van der Waals surface area contributed by atoms with Crippen molar-refractivity contribution >= 4 is 11.6 Å². The number of anilines is 1. The average molecular weight is 294 g/mol. The van der Waals surface area contributed by atoms with Crippen LogP contribution in [0.5, 0.6) is 0 Å². The van der Waals surface area contributed by atoms with E-state index in [2.05, 4.69) is 15.3 Å². The highest BCUT2D eigenvalue weighted by Crippen LogP contribution is 2.17. The Hall–Kier alpha value is -3.15. The standard InChI is InChI=1S/C16H14N4O2/c1-11(21)19-13-3-2-4-14(9-13)20-10-12(5-6-15(20)22)16-17-7-8-18-16/h2-10H,1H3,(H,17,18)(H,19,21). The summed E-state index contributed by atoms with van der Waals surface area (Å²) in [5.41, 5.74) is 1.95. The minimum Gasteiger partial charge on any atom is -0.345 e. The summed E-state index contributed by atoms with van der Waals surface area (Å²) in [4.78, 5) is 30.5. The summed E-state index contributed by atoms with van der Waals surface area (Å²) >= 11 is 0. The molecule has 2 aromatic heterocycles. The number of H-pyrrole nitrogens is 1. The predicted molar refractivity (Wildman–Crippen MR) is 83.9 cm³/mol. The molecule has 0 aliphatic heterocycles. The highest BCUT2D eigenvalue weighted by molar-refractivity contribution is 5.88. The van der Waals surface area contributed by atoms with Crippen molar-refractivity contribution in [3.05, 3.63) is 65.3 Å². The molecule has 2 heterocycles. The van der Waals surface area contributed by atoms with E-state index >= 15 is 0 Å². The van der Waals surface area contributed by atoms with E-state index < -0.39 is 0 Å². The molecule has 6 heteroatoms. The molecular weight excluding hydrogens is 280 g/mol. The fraction of sp³-hybridized carbons (Fsp3) is 0.0625. The highest BCUT2D eigenvalue weighted by atomic mass is 16.1. The van der Waals surface area contributed by atoms with E-state index in [1.54, 1.807) is 48.9 Å². The van der Waals surface area contributed by atoms with Crippen LogP contribution in [0.1, 0.15) is 6.92 Å². The van der Waals surface area contributed by atoms with Crippen molar-refractivity contribution in [1.29, 1.82) is 0 Å². The molecule has 0 spiro atoms. The van der Waals surface area contributed by atoms with Crippen molar-refractivity contribution in [2.45, 2.75) is 6.92 Å². The van der Waals surface area contributed by atoms with E-state index in [4.69, 9.17) is 0 Å². The lowest BCUT2D eigenvalue weighted by Gasteiger charge is -2.09. The van der Waals surface area contributed by atoms with Gasteiger partial charge in [-0.25, -0.2) is 4.98 Å². The summed E-state index contributed by atoms with van der Waals surface area (Å²) < 4.78 is 1.52. The summed E-state index contributed by atoms with van der Waals surface area (Å²) in [7, 11) is 0. The number of hydrogen-bond acceptors (Lipinski definition) is 3. The minimum atomic E-state index is -0.158. The number of nitrogens with one attached hydrogen (secondary N) is 2. The highest BCUT2D eigenvalue weighted by Gasteiger charge is 2.06. The minimum absolute atomic E-state index is 0.157. The number of pyridine rings is 1. The summed E-state index contributed by atoms with van der Waals surface area (Å²) in [6, 6.07) is 10.3. The van der Waals surface area contributed by atoms with Crippen LogP contribution in [0.2, 0.25) is 0 Å². The van der Waals surface area contributed by atoms with E-state index in [1.807, 2.05) is 0 Å². The Labute approximate surface area is 126 Å². The number of hydrogen-bond donors (Lipinski definition) is 2. The number of rotatable bonds is 3. The number of aromatic amines is 1. The topological polar surface area (TPSA) is 79.8 Å².